The number of rotatable bonds is 8. The summed E-state index contributed by atoms with van der Waals surface area (Å²) in [5.41, 5.74) is 0.992. The van der Waals surface area contributed by atoms with Gasteiger partial charge in [0.25, 0.3) is 5.91 Å². The van der Waals surface area contributed by atoms with Crippen molar-refractivity contribution < 1.29 is 22.7 Å². The van der Waals surface area contributed by atoms with Crippen molar-refractivity contribution in [2.75, 3.05) is 19.5 Å². The molecule has 1 heterocycles. The predicted octanol–water partition coefficient (Wildman–Crippen LogP) is 4.37. The first-order chi connectivity index (χ1) is 15.1. The minimum absolute atomic E-state index is 0.173. The number of nitrogens with one attached hydrogen (secondary N) is 1. The lowest BCUT2D eigenvalue weighted by molar-refractivity contribution is 0.102. The normalized spacial score (nSPS) is 12.0. The van der Waals surface area contributed by atoms with Crippen molar-refractivity contribution in [3.8, 4) is 11.5 Å². The predicted molar refractivity (Wildman–Crippen MR) is 126 cm³/mol. The van der Waals surface area contributed by atoms with Gasteiger partial charge in [0.2, 0.25) is 10.0 Å². The Kier molecular flexibility index (Phi) is 7.06. The SMILES string of the molecule is COc1ccc(C(=O)Nc2nc3ccc(S(=O)(=O)N(C(C)C)C(C)C)cc3s2)cc1OC. The molecule has 0 aliphatic heterocycles. The minimum Gasteiger partial charge on any atom is -0.493 e. The highest BCUT2D eigenvalue weighted by atomic mass is 32.2. The van der Waals surface area contributed by atoms with Gasteiger partial charge in [-0.1, -0.05) is 11.3 Å². The minimum atomic E-state index is -3.66. The van der Waals surface area contributed by atoms with Gasteiger partial charge in [-0.25, -0.2) is 13.4 Å². The van der Waals surface area contributed by atoms with Gasteiger partial charge in [-0.15, -0.1) is 0 Å². The second-order valence-corrected chi connectivity index (χ2v) is 10.6. The first-order valence-corrected chi connectivity index (χ1v) is 12.3. The third kappa shape index (κ3) is 4.72. The first-order valence-electron chi connectivity index (χ1n) is 10.1. The van der Waals surface area contributed by atoms with Gasteiger partial charge in [0, 0.05) is 17.6 Å². The molecule has 0 saturated heterocycles. The highest BCUT2D eigenvalue weighted by molar-refractivity contribution is 7.89. The summed E-state index contributed by atoms with van der Waals surface area (Å²) < 4.78 is 38.9. The molecular formula is C22H27N3O5S2. The van der Waals surface area contributed by atoms with Crippen LogP contribution >= 0.6 is 11.3 Å². The van der Waals surface area contributed by atoms with Crippen molar-refractivity contribution in [2.24, 2.45) is 0 Å². The fourth-order valence-electron chi connectivity index (χ4n) is 3.54. The number of fused-ring (bicyclic) bond motifs is 1. The maximum absolute atomic E-state index is 13.2. The van der Waals surface area contributed by atoms with Crippen LogP contribution in [0.25, 0.3) is 10.2 Å². The zero-order valence-corrected chi connectivity index (χ0v) is 20.5. The number of aromatic nitrogens is 1. The topological polar surface area (TPSA) is 97.8 Å². The molecule has 1 amide bonds. The molecule has 0 bridgehead atoms. The van der Waals surface area contributed by atoms with E-state index in [1.807, 2.05) is 27.7 Å². The van der Waals surface area contributed by atoms with E-state index in [4.69, 9.17) is 9.47 Å². The molecule has 0 aliphatic carbocycles. The van der Waals surface area contributed by atoms with E-state index in [0.717, 1.165) is 0 Å². The van der Waals surface area contributed by atoms with Crippen molar-refractivity contribution in [1.29, 1.82) is 0 Å². The summed E-state index contributed by atoms with van der Waals surface area (Å²) in [7, 11) is -0.642. The van der Waals surface area contributed by atoms with Crippen molar-refractivity contribution in [1.82, 2.24) is 9.29 Å². The van der Waals surface area contributed by atoms with Crippen LogP contribution in [-0.4, -0.2) is 49.9 Å². The average molecular weight is 478 g/mol. The van der Waals surface area contributed by atoms with Gasteiger partial charge in [-0.05, 0) is 64.1 Å². The number of hydrogen-bond donors (Lipinski definition) is 1. The number of ether oxygens (including phenoxy) is 2. The van der Waals surface area contributed by atoms with Crippen LogP contribution in [0, 0.1) is 0 Å². The highest BCUT2D eigenvalue weighted by Crippen LogP contribution is 2.31. The third-order valence-corrected chi connectivity index (χ3v) is 8.00. The molecule has 3 aromatic rings. The summed E-state index contributed by atoms with van der Waals surface area (Å²) in [5, 5.41) is 3.14. The van der Waals surface area contributed by atoms with Crippen molar-refractivity contribution in [3.63, 3.8) is 0 Å². The van der Waals surface area contributed by atoms with Crippen molar-refractivity contribution >= 4 is 42.6 Å². The second kappa shape index (κ2) is 9.43. The Morgan fingerprint density at radius 2 is 1.66 bits per heavy atom. The quantitative estimate of drug-likeness (QED) is 0.517. The van der Waals surface area contributed by atoms with Crippen LogP contribution in [0.5, 0.6) is 11.5 Å². The zero-order valence-electron chi connectivity index (χ0n) is 18.9. The maximum Gasteiger partial charge on any atom is 0.257 e. The molecule has 3 rings (SSSR count). The number of nitrogens with zero attached hydrogens (tertiary/aromatic N) is 2. The Bertz CT molecular complexity index is 1230. The van der Waals surface area contributed by atoms with Crippen LogP contribution in [0.1, 0.15) is 38.1 Å². The number of carbonyl (C=O) groups excluding carboxylic acids is 1. The Labute approximate surface area is 192 Å². The van der Waals surface area contributed by atoms with Crippen LogP contribution in [0.2, 0.25) is 0 Å². The first kappa shape index (κ1) is 24.0. The fraction of sp³-hybridized carbons (Fsp3) is 0.364. The lowest BCUT2D eigenvalue weighted by atomic mass is 10.2. The van der Waals surface area contributed by atoms with E-state index < -0.39 is 10.0 Å². The Morgan fingerprint density at radius 1 is 1.00 bits per heavy atom. The Morgan fingerprint density at radius 3 is 2.25 bits per heavy atom. The van der Waals surface area contributed by atoms with Crippen molar-refractivity contribution in [3.05, 3.63) is 42.0 Å². The molecule has 0 radical (unpaired) electrons. The number of carbonyl (C=O) groups is 1. The number of hydrogen-bond acceptors (Lipinski definition) is 7. The van der Waals surface area contributed by atoms with Gasteiger partial charge in [0.1, 0.15) is 0 Å². The summed E-state index contributed by atoms with van der Waals surface area (Å²) in [4.78, 5) is 17.3. The van der Waals surface area contributed by atoms with Gasteiger partial charge < -0.3 is 9.47 Å². The number of benzene rings is 2. The van der Waals surface area contributed by atoms with E-state index in [9.17, 15) is 13.2 Å². The van der Waals surface area contributed by atoms with E-state index in [-0.39, 0.29) is 22.9 Å². The summed E-state index contributed by atoms with van der Waals surface area (Å²) in [5.74, 6) is 0.609. The molecular weight excluding hydrogens is 450 g/mol. The molecule has 1 N–H and O–H groups in total. The van der Waals surface area contributed by atoms with Gasteiger partial charge >= 0.3 is 0 Å². The molecule has 2 aromatic carbocycles. The molecule has 32 heavy (non-hydrogen) atoms. The molecule has 0 unspecified atom stereocenters. The lowest BCUT2D eigenvalue weighted by Gasteiger charge is -2.29. The van der Waals surface area contributed by atoms with Gasteiger partial charge in [-0.2, -0.15) is 4.31 Å². The lowest BCUT2D eigenvalue weighted by Crippen LogP contribution is -2.41. The molecule has 0 spiro atoms. The largest absolute Gasteiger partial charge is 0.493 e. The van der Waals surface area contributed by atoms with E-state index >= 15 is 0 Å². The van der Waals surface area contributed by atoms with E-state index in [0.29, 0.717) is 32.4 Å². The molecule has 0 fully saturated rings. The van der Waals surface area contributed by atoms with Crippen LogP contribution in [0.4, 0.5) is 5.13 Å². The summed E-state index contributed by atoms with van der Waals surface area (Å²) in [6.07, 6.45) is 0. The zero-order chi connectivity index (χ0) is 23.6. The number of anilines is 1. The second-order valence-electron chi connectivity index (χ2n) is 7.69. The number of methoxy groups -OCH3 is 2. The summed E-state index contributed by atoms with van der Waals surface area (Å²) >= 11 is 1.21. The van der Waals surface area contributed by atoms with E-state index in [1.165, 1.54) is 29.9 Å². The number of sulfonamides is 1. The monoisotopic (exact) mass is 477 g/mol. The van der Waals surface area contributed by atoms with E-state index in [2.05, 4.69) is 10.3 Å². The molecule has 172 valence electrons. The summed E-state index contributed by atoms with van der Waals surface area (Å²) in [6.45, 7) is 7.41. The van der Waals surface area contributed by atoms with Gasteiger partial charge in [0.05, 0.1) is 29.3 Å². The van der Waals surface area contributed by atoms with Crippen LogP contribution < -0.4 is 14.8 Å². The van der Waals surface area contributed by atoms with Crippen molar-refractivity contribution in [2.45, 2.75) is 44.7 Å². The maximum atomic E-state index is 13.2. The molecule has 8 nitrogen and oxygen atoms in total. The van der Waals surface area contributed by atoms with Crippen LogP contribution in [0.3, 0.4) is 0 Å². The van der Waals surface area contributed by atoms with Gasteiger partial charge in [-0.3, -0.25) is 10.1 Å². The Hall–Kier alpha value is -2.69. The smallest absolute Gasteiger partial charge is 0.257 e. The molecule has 0 saturated carbocycles. The summed E-state index contributed by atoms with van der Waals surface area (Å²) in [6, 6.07) is 9.32. The molecule has 10 heteroatoms. The highest BCUT2D eigenvalue weighted by Gasteiger charge is 2.29. The number of amides is 1. The molecule has 0 aliphatic rings. The average Bonchev–Trinajstić information content (AvgIpc) is 3.13. The standard InChI is InChI=1S/C22H27N3O5S2/c1-13(2)25(14(3)4)32(27,28)16-8-9-17-20(12-16)31-22(23-17)24-21(26)15-7-10-18(29-5)19(11-15)30-6/h7-14H,1-6H3,(H,23,24,26). The fourth-order valence-corrected chi connectivity index (χ4v) is 6.37. The molecule has 1 aromatic heterocycles. The van der Waals surface area contributed by atoms with E-state index in [1.54, 1.807) is 36.4 Å². The third-order valence-electron chi connectivity index (χ3n) is 4.82. The Balaban J connectivity index is 1.89. The number of thiazole rings is 1. The van der Waals surface area contributed by atoms with Gasteiger partial charge in [0.15, 0.2) is 16.6 Å². The van der Waals surface area contributed by atoms with Crippen LogP contribution in [0.15, 0.2) is 41.3 Å². The van der Waals surface area contributed by atoms with Crippen LogP contribution in [-0.2, 0) is 10.0 Å². The molecule has 0 atom stereocenters.